The first-order valence-corrected chi connectivity index (χ1v) is 8.25. The van der Waals surface area contributed by atoms with Gasteiger partial charge < -0.3 is 15.2 Å². The van der Waals surface area contributed by atoms with Crippen LogP contribution in [0.3, 0.4) is 0 Å². The van der Waals surface area contributed by atoms with E-state index in [2.05, 4.69) is 21.2 Å². The third kappa shape index (κ3) is 4.64. The largest absolute Gasteiger partial charge is 0.508 e. The van der Waals surface area contributed by atoms with Crippen LogP contribution in [0.4, 0.5) is 8.78 Å². The molecule has 1 fully saturated rings. The van der Waals surface area contributed by atoms with Gasteiger partial charge in [0.15, 0.2) is 0 Å². The van der Waals surface area contributed by atoms with Crippen LogP contribution in [0.15, 0.2) is 22.7 Å². The van der Waals surface area contributed by atoms with Crippen molar-refractivity contribution >= 4 is 21.8 Å². The van der Waals surface area contributed by atoms with Crippen LogP contribution < -0.4 is 5.32 Å². The van der Waals surface area contributed by atoms with E-state index in [0.717, 1.165) is 0 Å². The molecule has 0 radical (unpaired) electrons. The fraction of sp³-hybridized carbons (Fsp3) is 0.562. The zero-order valence-electron chi connectivity index (χ0n) is 12.8. The molecule has 0 spiro atoms. The lowest BCUT2D eigenvalue weighted by Crippen LogP contribution is -2.47. The second-order valence-electron chi connectivity index (χ2n) is 5.94. The summed E-state index contributed by atoms with van der Waals surface area (Å²) in [4.78, 5) is 12.2. The monoisotopic (exact) mass is 391 g/mol. The van der Waals surface area contributed by atoms with Crippen molar-refractivity contribution in [2.24, 2.45) is 5.92 Å². The van der Waals surface area contributed by atoms with Crippen LogP contribution in [0.25, 0.3) is 0 Å². The van der Waals surface area contributed by atoms with E-state index in [-0.39, 0.29) is 18.2 Å². The zero-order chi connectivity index (χ0) is 17.0. The molecular formula is C16H20BrF2NO3. The predicted octanol–water partition coefficient (Wildman–Crippen LogP) is 3.73. The summed E-state index contributed by atoms with van der Waals surface area (Å²) in [5, 5.41) is 12.3. The molecule has 0 saturated heterocycles. The van der Waals surface area contributed by atoms with Gasteiger partial charge in [-0.25, -0.2) is 8.78 Å². The van der Waals surface area contributed by atoms with Crippen molar-refractivity contribution in [1.82, 2.24) is 5.32 Å². The summed E-state index contributed by atoms with van der Waals surface area (Å²) in [6.45, 7) is 0.256. The normalized spacial score (nSPS) is 24.7. The number of carbonyl (C=O) groups is 1. The SMILES string of the molecule is COC1(CNC(=O)c2cc(O)cc(Br)c2)CCC(C(F)F)CC1. The minimum absolute atomic E-state index is 0.0107. The number of nitrogens with one attached hydrogen (secondary N) is 1. The summed E-state index contributed by atoms with van der Waals surface area (Å²) in [5.74, 6) is -0.937. The first-order valence-electron chi connectivity index (χ1n) is 7.46. The molecule has 1 aromatic rings. The van der Waals surface area contributed by atoms with Crippen molar-refractivity contribution in [1.29, 1.82) is 0 Å². The number of hydrogen-bond donors (Lipinski definition) is 2. The Morgan fingerprint density at radius 2 is 2.09 bits per heavy atom. The van der Waals surface area contributed by atoms with Crippen LogP contribution in [-0.4, -0.2) is 36.7 Å². The van der Waals surface area contributed by atoms with Crippen LogP contribution in [0, 0.1) is 5.92 Å². The van der Waals surface area contributed by atoms with Gasteiger partial charge >= 0.3 is 0 Å². The molecule has 1 amide bonds. The third-order valence-electron chi connectivity index (χ3n) is 4.45. The van der Waals surface area contributed by atoms with E-state index in [9.17, 15) is 18.7 Å². The maximum Gasteiger partial charge on any atom is 0.251 e. The standard InChI is InChI=1S/C16H20BrF2NO3/c1-23-16(4-2-10(3-5-16)14(18)19)9-20-15(22)11-6-12(17)8-13(21)7-11/h6-8,10,14,21H,2-5,9H2,1H3,(H,20,22). The number of aromatic hydroxyl groups is 1. The molecule has 0 bridgehead atoms. The fourth-order valence-corrected chi connectivity index (χ4v) is 3.40. The van der Waals surface area contributed by atoms with E-state index in [1.54, 1.807) is 13.2 Å². The molecule has 0 heterocycles. The molecule has 4 nitrogen and oxygen atoms in total. The molecule has 0 aromatic heterocycles. The number of carbonyl (C=O) groups excluding carboxylic acids is 1. The van der Waals surface area contributed by atoms with E-state index in [0.29, 0.717) is 35.7 Å². The lowest BCUT2D eigenvalue weighted by Gasteiger charge is -2.39. The van der Waals surface area contributed by atoms with Gasteiger partial charge in [-0.3, -0.25) is 4.79 Å². The Hall–Kier alpha value is -1.21. The maximum atomic E-state index is 12.7. The molecule has 1 saturated carbocycles. The van der Waals surface area contributed by atoms with Crippen molar-refractivity contribution in [3.05, 3.63) is 28.2 Å². The Kier molecular flexibility index (Phi) is 5.97. The van der Waals surface area contributed by atoms with Gasteiger partial charge in [-0.15, -0.1) is 0 Å². The van der Waals surface area contributed by atoms with Gasteiger partial charge in [-0.05, 0) is 43.9 Å². The van der Waals surface area contributed by atoms with Crippen molar-refractivity contribution < 1.29 is 23.4 Å². The zero-order valence-corrected chi connectivity index (χ0v) is 14.4. The third-order valence-corrected chi connectivity index (χ3v) is 4.90. The molecule has 1 aromatic carbocycles. The summed E-state index contributed by atoms with van der Waals surface area (Å²) in [6, 6.07) is 4.45. The van der Waals surface area contributed by atoms with Crippen molar-refractivity contribution in [3.63, 3.8) is 0 Å². The highest BCUT2D eigenvalue weighted by molar-refractivity contribution is 9.10. The van der Waals surface area contributed by atoms with E-state index in [1.807, 2.05) is 0 Å². The number of methoxy groups -OCH3 is 1. The highest BCUT2D eigenvalue weighted by atomic mass is 79.9. The van der Waals surface area contributed by atoms with Crippen LogP contribution in [0.1, 0.15) is 36.0 Å². The van der Waals surface area contributed by atoms with Crippen LogP contribution in [-0.2, 0) is 4.74 Å². The van der Waals surface area contributed by atoms with E-state index < -0.39 is 17.9 Å². The lowest BCUT2D eigenvalue weighted by atomic mass is 9.78. The van der Waals surface area contributed by atoms with Gasteiger partial charge in [0, 0.05) is 29.6 Å². The summed E-state index contributed by atoms with van der Waals surface area (Å²) < 4.78 is 31.6. The molecule has 2 rings (SSSR count). The van der Waals surface area contributed by atoms with Gasteiger partial charge in [0.1, 0.15) is 5.75 Å². The number of rotatable bonds is 5. The van der Waals surface area contributed by atoms with Crippen LogP contribution in [0.5, 0.6) is 5.75 Å². The molecule has 0 aliphatic heterocycles. The van der Waals surface area contributed by atoms with Gasteiger partial charge in [0.25, 0.3) is 5.91 Å². The smallest absolute Gasteiger partial charge is 0.251 e. The number of alkyl halides is 2. The van der Waals surface area contributed by atoms with Crippen LogP contribution in [0.2, 0.25) is 0 Å². The Morgan fingerprint density at radius 1 is 1.43 bits per heavy atom. The van der Waals surface area contributed by atoms with Gasteiger partial charge in [-0.2, -0.15) is 0 Å². The minimum Gasteiger partial charge on any atom is -0.508 e. The Morgan fingerprint density at radius 3 is 2.61 bits per heavy atom. The van der Waals surface area contributed by atoms with Crippen molar-refractivity contribution in [3.8, 4) is 5.75 Å². The molecule has 0 atom stereocenters. The second kappa shape index (κ2) is 7.57. The Bertz CT molecular complexity index is 540. The number of ether oxygens (including phenoxy) is 1. The van der Waals surface area contributed by atoms with Crippen molar-refractivity contribution in [2.45, 2.75) is 37.7 Å². The summed E-state index contributed by atoms with van der Waals surface area (Å²) in [7, 11) is 1.54. The quantitative estimate of drug-likeness (QED) is 0.803. The first-order chi connectivity index (χ1) is 10.8. The van der Waals surface area contributed by atoms with E-state index in [4.69, 9.17) is 4.74 Å². The second-order valence-corrected chi connectivity index (χ2v) is 6.86. The van der Waals surface area contributed by atoms with Crippen molar-refractivity contribution in [2.75, 3.05) is 13.7 Å². The van der Waals surface area contributed by atoms with Gasteiger partial charge in [0.05, 0.1) is 5.60 Å². The summed E-state index contributed by atoms with van der Waals surface area (Å²) >= 11 is 3.22. The Balaban J connectivity index is 1.96. The molecule has 0 unspecified atom stereocenters. The highest BCUT2D eigenvalue weighted by Gasteiger charge is 2.38. The van der Waals surface area contributed by atoms with Gasteiger partial charge in [-0.1, -0.05) is 15.9 Å². The fourth-order valence-electron chi connectivity index (χ4n) is 2.92. The first kappa shape index (κ1) is 18.1. The van der Waals surface area contributed by atoms with Gasteiger partial charge in [0.2, 0.25) is 6.43 Å². The number of phenols is 1. The molecule has 7 heteroatoms. The lowest BCUT2D eigenvalue weighted by molar-refractivity contribution is -0.0654. The minimum atomic E-state index is -2.30. The summed E-state index contributed by atoms with van der Waals surface area (Å²) in [5.41, 5.74) is -0.279. The van der Waals surface area contributed by atoms with Crippen LogP contribution >= 0.6 is 15.9 Å². The van der Waals surface area contributed by atoms with E-state index in [1.165, 1.54) is 12.1 Å². The topological polar surface area (TPSA) is 58.6 Å². The molecule has 1 aliphatic carbocycles. The summed E-state index contributed by atoms with van der Waals surface area (Å²) in [6.07, 6.45) is -0.549. The molecule has 23 heavy (non-hydrogen) atoms. The molecule has 2 N–H and O–H groups in total. The molecular weight excluding hydrogens is 372 g/mol. The number of amides is 1. The highest BCUT2D eigenvalue weighted by Crippen LogP contribution is 2.37. The number of hydrogen-bond acceptors (Lipinski definition) is 3. The Labute approximate surface area is 142 Å². The molecule has 128 valence electrons. The average molecular weight is 392 g/mol. The number of phenolic OH excluding ortho intramolecular Hbond substituents is 1. The average Bonchev–Trinajstić information content (AvgIpc) is 2.52. The molecule has 1 aliphatic rings. The number of benzene rings is 1. The van der Waals surface area contributed by atoms with E-state index >= 15 is 0 Å². The number of halogens is 3. The predicted molar refractivity (Wildman–Crippen MR) is 85.8 cm³/mol. The maximum absolute atomic E-state index is 12.7.